The van der Waals surface area contributed by atoms with Crippen LogP contribution in [-0.2, 0) is 9.53 Å². The van der Waals surface area contributed by atoms with E-state index in [1.807, 2.05) is 18.7 Å². The van der Waals surface area contributed by atoms with Crippen molar-refractivity contribution in [1.29, 1.82) is 0 Å². The molecule has 0 amide bonds. The van der Waals surface area contributed by atoms with Gasteiger partial charge >= 0.3 is 5.97 Å². The SMILES string of the molecule is CCOC(=O)CC1(N2CCCCC2)CCSC1C. The summed E-state index contributed by atoms with van der Waals surface area (Å²) in [6, 6.07) is 0. The Labute approximate surface area is 115 Å². The molecule has 2 saturated heterocycles. The third-order valence-electron chi connectivity index (χ3n) is 4.40. The third kappa shape index (κ3) is 2.85. The van der Waals surface area contributed by atoms with E-state index in [4.69, 9.17) is 4.74 Å². The van der Waals surface area contributed by atoms with Gasteiger partial charge in [0.2, 0.25) is 0 Å². The summed E-state index contributed by atoms with van der Waals surface area (Å²) in [7, 11) is 0. The lowest BCUT2D eigenvalue weighted by atomic mass is 9.85. The number of esters is 1. The van der Waals surface area contributed by atoms with Crippen molar-refractivity contribution < 1.29 is 9.53 Å². The number of ether oxygens (including phenoxy) is 1. The lowest BCUT2D eigenvalue weighted by Gasteiger charge is -2.45. The number of carbonyl (C=O) groups excluding carboxylic acids is 1. The Kier molecular flexibility index (Phi) is 4.96. The highest BCUT2D eigenvalue weighted by Gasteiger charge is 2.47. The summed E-state index contributed by atoms with van der Waals surface area (Å²) >= 11 is 2.01. The monoisotopic (exact) mass is 271 g/mol. The van der Waals surface area contributed by atoms with Gasteiger partial charge in [-0.25, -0.2) is 0 Å². The van der Waals surface area contributed by atoms with Crippen LogP contribution < -0.4 is 0 Å². The van der Waals surface area contributed by atoms with Gasteiger partial charge in [0.1, 0.15) is 0 Å². The molecule has 0 radical (unpaired) electrons. The molecule has 4 heteroatoms. The van der Waals surface area contributed by atoms with Crippen molar-refractivity contribution in [3.63, 3.8) is 0 Å². The summed E-state index contributed by atoms with van der Waals surface area (Å²) in [5.41, 5.74) is 0.0668. The molecule has 0 aliphatic carbocycles. The maximum absolute atomic E-state index is 11.9. The Bertz CT molecular complexity index is 292. The van der Waals surface area contributed by atoms with Crippen LogP contribution in [0.25, 0.3) is 0 Å². The minimum atomic E-state index is -0.0163. The minimum absolute atomic E-state index is 0.0163. The van der Waals surface area contributed by atoms with E-state index in [9.17, 15) is 4.79 Å². The van der Waals surface area contributed by atoms with Crippen molar-refractivity contribution >= 4 is 17.7 Å². The highest BCUT2D eigenvalue weighted by atomic mass is 32.2. The Hall–Kier alpha value is -0.220. The number of thioether (sulfide) groups is 1. The molecule has 2 fully saturated rings. The third-order valence-corrected chi connectivity index (χ3v) is 5.78. The van der Waals surface area contributed by atoms with Gasteiger partial charge in [-0.05, 0) is 45.0 Å². The van der Waals surface area contributed by atoms with E-state index in [1.165, 1.54) is 25.0 Å². The lowest BCUT2D eigenvalue weighted by molar-refractivity contribution is -0.147. The van der Waals surface area contributed by atoms with Crippen LogP contribution in [0.2, 0.25) is 0 Å². The first-order valence-corrected chi connectivity index (χ1v) is 8.26. The van der Waals surface area contributed by atoms with E-state index >= 15 is 0 Å². The first-order chi connectivity index (χ1) is 8.69. The number of carbonyl (C=O) groups is 1. The van der Waals surface area contributed by atoms with Crippen molar-refractivity contribution in [2.45, 2.75) is 56.7 Å². The number of hydrogen-bond acceptors (Lipinski definition) is 4. The lowest BCUT2D eigenvalue weighted by Crippen LogP contribution is -2.55. The second kappa shape index (κ2) is 6.29. The molecule has 2 rings (SSSR count). The molecule has 2 aliphatic heterocycles. The smallest absolute Gasteiger partial charge is 0.307 e. The molecule has 2 aliphatic rings. The molecular formula is C14H25NO2S. The van der Waals surface area contributed by atoms with E-state index < -0.39 is 0 Å². The molecule has 0 bridgehead atoms. The summed E-state index contributed by atoms with van der Waals surface area (Å²) in [5, 5.41) is 0.542. The first-order valence-electron chi connectivity index (χ1n) is 7.21. The molecule has 2 atom stereocenters. The number of piperidine rings is 1. The topological polar surface area (TPSA) is 29.5 Å². The minimum Gasteiger partial charge on any atom is -0.466 e. The maximum atomic E-state index is 11.9. The summed E-state index contributed by atoms with van der Waals surface area (Å²) in [6.45, 7) is 6.98. The molecule has 0 aromatic heterocycles. The van der Waals surface area contributed by atoms with Gasteiger partial charge < -0.3 is 4.74 Å². The van der Waals surface area contributed by atoms with Crippen LogP contribution >= 0.6 is 11.8 Å². The standard InChI is InChI=1S/C14H25NO2S/c1-3-17-13(16)11-14(7-10-18-12(14)2)15-8-5-4-6-9-15/h12H,3-11H2,1-2H3. The largest absolute Gasteiger partial charge is 0.466 e. The fraction of sp³-hybridized carbons (Fsp3) is 0.929. The normalized spacial score (nSPS) is 33.6. The average Bonchev–Trinajstić information content (AvgIpc) is 2.73. The number of hydrogen-bond donors (Lipinski definition) is 0. The Morgan fingerprint density at radius 2 is 2.11 bits per heavy atom. The maximum Gasteiger partial charge on any atom is 0.307 e. The Morgan fingerprint density at radius 1 is 1.39 bits per heavy atom. The molecule has 0 aromatic carbocycles. The highest BCUT2D eigenvalue weighted by Crippen LogP contribution is 2.43. The van der Waals surface area contributed by atoms with Crippen LogP contribution in [0.15, 0.2) is 0 Å². The highest BCUT2D eigenvalue weighted by molar-refractivity contribution is 8.00. The zero-order valence-corrected chi connectivity index (χ0v) is 12.4. The van der Waals surface area contributed by atoms with E-state index in [0.29, 0.717) is 18.3 Å². The van der Waals surface area contributed by atoms with Crippen molar-refractivity contribution in [3.8, 4) is 0 Å². The second-order valence-corrected chi connectivity index (χ2v) is 6.84. The van der Waals surface area contributed by atoms with Gasteiger partial charge in [-0.1, -0.05) is 13.3 Å². The predicted octanol–water partition coefficient (Wildman–Crippen LogP) is 2.69. The van der Waals surface area contributed by atoms with Crippen LogP contribution in [0.4, 0.5) is 0 Å². The first kappa shape index (κ1) is 14.2. The molecule has 3 nitrogen and oxygen atoms in total. The zero-order valence-electron chi connectivity index (χ0n) is 11.6. The molecule has 0 saturated carbocycles. The van der Waals surface area contributed by atoms with Gasteiger partial charge in [-0.3, -0.25) is 9.69 Å². The summed E-state index contributed by atoms with van der Waals surface area (Å²) < 4.78 is 5.19. The molecule has 2 unspecified atom stereocenters. The number of likely N-dealkylation sites (tertiary alicyclic amines) is 1. The van der Waals surface area contributed by atoms with E-state index in [2.05, 4.69) is 11.8 Å². The van der Waals surface area contributed by atoms with Crippen LogP contribution in [0.1, 0.15) is 46.0 Å². The van der Waals surface area contributed by atoms with Gasteiger partial charge in [0.15, 0.2) is 0 Å². The summed E-state index contributed by atoms with van der Waals surface area (Å²) in [5.74, 6) is 1.16. The molecule has 0 aromatic rings. The van der Waals surface area contributed by atoms with Crippen molar-refractivity contribution in [3.05, 3.63) is 0 Å². The summed E-state index contributed by atoms with van der Waals surface area (Å²) in [6.07, 6.45) is 5.62. The van der Waals surface area contributed by atoms with Gasteiger partial charge in [0.25, 0.3) is 0 Å². The van der Waals surface area contributed by atoms with Crippen molar-refractivity contribution in [2.24, 2.45) is 0 Å². The Morgan fingerprint density at radius 3 is 2.67 bits per heavy atom. The fourth-order valence-corrected chi connectivity index (χ4v) is 4.82. The molecule has 0 N–H and O–H groups in total. The van der Waals surface area contributed by atoms with Gasteiger partial charge in [0, 0.05) is 10.8 Å². The second-order valence-electron chi connectivity index (χ2n) is 5.40. The van der Waals surface area contributed by atoms with E-state index in [0.717, 1.165) is 19.5 Å². The van der Waals surface area contributed by atoms with Crippen LogP contribution in [0.5, 0.6) is 0 Å². The molecule has 104 valence electrons. The predicted molar refractivity (Wildman–Crippen MR) is 75.9 cm³/mol. The zero-order chi connectivity index (χ0) is 13.0. The molecule has 2 heterocycles. The quantitative estimate of drug-likeness (QED) is 0.735. The van der Waals surface area contributed by atoms with E-state index in [-0.39, 0.29) is 11.5 Å². The van der Waals surface area contributed by atoms with Crippen LogP contribution in [0.3, 0.4) is 0 Å². The van der Waals surface area contributed by atoms with Gasteiger partial charge in [-0.15, -0.1) is 0 Å². The van der Waals surface area contributed by atoms with Crippen LogP contribution in [-0.4, -0.2) is 47.1 Å². The molecule has 0 spiro atoms. The fourth-order valence-electron chi connectivity index (χ4n) is 3.33. The average molecular weight is 271 g/mol. The number of nitrogens with zero attached hydrogens (tertiary/aromatic N) is 1. The molecule has 18 heavy (non-hydrogen) atoms. The molecular weight excluding hydrogens is 246 g/mol. The van der Waals surface area contributed by atoms with Gasteiger partial charge in [0.05, 0.1) is 13.0 Å². The Balaban J connectivity index is 2.09. The van der Waals surface area contributed by atoms with Gasteiger partial charge in [-0.2, -0.15) is 11.8 Å². The number of rotatable bonds is 4. The van der Waals surface area contributed by atoms with Crippen molar-refractivity contribution in [1.82, 2.24) is 4.90 Å². The van der Waals surface area contributed by atoms with Crippen LogP contribution in [0, 0.1) is 0 Å². The van der Waals surface area contributed by atoms with E-state index in [1.54, 1.807) is 0 Å². The van der Waals surface area contributed by atoms with Crippen molar-refractivity contribution in [2.75, 3.05) is 25.4 Å². The summed E-state index contributed by atoms with van der Waals surface area (Å²) in [4.78, 5) is 14.5.